The van der Waals surface area contributed by atoms with E-state index in [1.165, 1.54) is 0 Å². The molecule has 0 aromatic carbocycles. The van der Waals surface area contributed by atoms with Crippen LogP contribution >= 0.6 is 25.3 Å². The topological polar surface area (TPSA) is 77.5 Å². The predicted octanol–water partition coefficient (Wildman–Crippen LogP) is 1.39. The van der Waals surface area contributed by atoms with Crippen molar-refractivity contribution in [1.82, 2.24) is 0 Å². The first-order valence-corrected chi connectivity index (χ1v) is 7.24. The summed E-state index contributed by atoms with van der Waals surface area (Å²) in [6, 6.07) is 0. The Bertz CT molecular complexity index is 309. The molecule has 0 rings (SSSR count). The first-order valence-electron chi connectivity index (χ1n) is 5.98. The van der Waals surface area contributed by atoms with Gasteiger partial charge in [-0.15, -0.1) is 0 Å². The van der Waals surface area contributed by atoms with Crippen LogP contribution in [0.2, 0.25) is 0 Å². The van der Waals surface area contributed by atoms with Crippen molar-refractivity contribution in [1.29, 1.82) is 0 Å². The van der Waals surface area contributed by atoms with E-state index in [-0.39, 0.29) is 24.4 Å². The summed E-state index contributed by atoms with van der Waals surface area (Å²) in [4.78, 5) is 44.9. The molecular formula is C12H18O5S2. The zero-order valence-electron chi connectivity index (χ0n) is 10.6. The van der Waals surface area contributed by atoms with Gasteiger partial charge in [-0.2, -0.15) is 25.3 Å². The molecule has 0 amide bonds. The second-order valence-electron chi connectivity index (χ2n) is 3.93. The first kappa shape index (κ1) is 18.2. The van der Waals surface area contributed by atoms with Gasteiger partial charge in [0.15, 0.2) is 0 Å². The number of rotatable bonds is 10. The van der Waals surface area contributed by atoms with E-state index < -0.39 is 24.8 Å². The van der Waals surface area contributed by atoms with E-state index >= 15 is 0 Å². The van der Waals surface area contributed by atoms with Crippen LogP contribution in [0.25, 0.3) is 0 Å². The molecule has 0 heterocycles. The summed E-state index contributed by atoms with van der Waals surface area (Å²) in [6.07, 6.45) is 0.729. The van der Waals surface area contributed by atoms with Crippen LogP contribution in [-0.2, 0) is 23.9 Å². The van der Waals surface area contributed by atoms with Crippen molar-refractivity contribution in [3.05, 3.63) is 0 Å². The van der Waals surface area contributed by atoms with Gasteiger partial charge in [0.1, 0.15) is 24.4 Å². The van der Waals surface area contributed by atoms with Gasteiger partial charge in [-0.05, 0) is 24.3 Å². The Morgan fingerprint density at radius 2 is 1.11 bits per heavy atom. The quantitative estimate of drug-likeness (QED) is 0.362. The second kappa shape index (κ2) is 11.0. The van der Waals surface area contributed by atoms with Gasteiger partial charge >= 0.3 is 11.9 Å². The zero-order valence-corrected chi connectivity index (χ0v) is 12.4. The molecule has 0 saturated heterocycles. The van der Waals surface area contributed by atoms with Gasteiger partial charge in [-0.1, -0.05) is 0 Å². The Labute approximate surface area is 123 Å². The van der Waals surface area contributed by atoms with Gasteiger partial charge in [0.2, 0.25) is 0 Å². The molecule has 0 aliphatic carbocycles. The Balaban J connectivity index is 3.89. The van der Waals surface area contributed by atoms with E-state index in [2.05, 4.69) is 30.0 Å². The Morgan fingerprint density at radius 1 is 0.737 bits per heavy atom. The van der Waals surface area contributed by atoms with E-state index in [9.17, 15) is 19.2 Å². The van der Waals surface area contributed by atoms with Gasteiger partial charge in [0.25, 0.3) is 0 Å². The van der Waals surface area contributed by atoms with E-state index in [1.54, 1.807) is 0 Å². The van der Waals surface area contributed by atoms with E-state index in [1.807, 2.05) is 0 Å². The molecule has 0 atom stereocenters. The predicted molar refractivity (Wildman–Crippen MR) is 76.5 cm³/mol. The molecule has 0 spiro atoms. The second-order valence-corrected chi connectivity index (χ2v) is 4.83. The number of hydrogen-bond acceptors (Lipinski definition) is 7. The Hall–Kier alpha value is -0.820. The highest BCUT2D eigenvalue weighted by Gasteiger charge is 2.17. The Kier molecular flexibility index (Phi) is 10.6. The number of hydrogen-bond donors (Lipinski definition) is 2. The normalized spacial score (nSPS) is 10.0. The average Bonchev–Trinajstić information content (AvgIpc) is 2.33. The Morgan fingerprint density at radius 3 is 1.42 bits per heavy atom. The minimum atomic E-state index is -0.906. The lowest BCUT2D eigenvalue weighted by Gasteiger charge is -2.02. The molecule has 108 valence electrons. The number of carbonyl (C=O) groups excluding carboxylic acids is 4. The van der Waals surface area contributed by atoms with Crippen molar-refractivity contribution in [3.8, 4) is 0 Å². The maximum absolute atomic E-state index is 11.2. The third-order valence-electron chi connectivity index (χ3n) is 2.14. The smallest absolute Gasteiger partial charge is 0.320 e. The van der Waals surface area contributed by atoms with E-state index in [4.69, 9.17) is 0 Å². The van der Waals surface area contributed by atoms with Crippen LogP contribution in [0.15, 0.2) is 0 Å². The van der Waals surface area contributed by atoms with Crippen LogP contribution in [-0.4, -0.2) is 35.0 Å². The van der Waals surface area contributed by atoms with Crippen molar-refractivity contribution >= 4 is 48.8 Å². The van der Waals surface area contributed by atoms with Crippen LogP contribution in [0.4, 0.5) is 0 Å². The summed E-state index contributed by atoms with van der Waals surface area (Å²) in [6.45, 7) is 0. The molecule has 0 radical (unpaired) electrons. The molecule has 0 aliphatic rings. The number of ether oxygens (including phenoxy) is 1. The third-order valence-corrected chi connectivity index (χ3v) is 2.77. The lowest BCUT2D eigenvalue weighted by atomic mass is 10.2. The summed E-state index contributed by atoms with van der Waals surface area (Å²) in [7, 11) is 0. The molecule has 19 heavy (non-hydrogen) atoms. The van der Waals surface area contributed by atoms with Crippen molar-refractivity contribution in [3.63, 3.8) is 0 Å². The molecule has 0 bridgehead atoms. The highest BCUT2D eigenvalue weighted by molar-refractivity contribution is 7.80. The fraction of sp³-hybridized carbons (Fsp3) is 0.667. The van der Waals surface area contributed by atoms with Crippen LogP contribution in [0.3, 0.4) is 0 Å². The molecule has 0 aromatic heterocycles. The number of thiol groups is 2. The molecule has 0 saturated carbocycles. The van der Waals surface area contributed by atoms with Crippen LogP contribution in [0.5, 0.6) is 0 Å². The zero-order chi connectivity index (χ0) is 14.7. The summed E-state index contributed by atoms with van der Waals surface area (Å²) in [5.41, 5.74) is 0. The lowest BCUT2D eigenvalue weighted by molar-refractivity contribution is -0.160. The van der Waals surface area contributed by atoms with Crippen molar-refractivity contribution in [2.24, 2.45) is 0 Å². The van der Waals surface area contributed by atoms with Crippen molar-refractivity contribution < 1.29 is 23.9 Å². The molecule has 0 N–H and O–H groups in total. The van der Waals surface area contributed by atoms with Crippen LogP contribution in [0, 0.1) is 0 Å². The first-order chi connectivity index (χ1) is 8.99. The number of esters is 2. The minimum Gasteiger partial charge on any atom is -0.392 e. The summed E-state index contributed by atoms with van der Waals surface area (Å²) >= 11 is 7.88. The van der Waals surface area contributed by atoms with Gasteiger partial charge in [-0.3, -0.25) is 19.2 Å². The van der Waals surface area contributed by atoms with Crippen LogP contribution < -0.4 is 0 Å². The fourth-order valence-electron chi connectivity index (χ4n) is 1.25. The van der Waals surface area contributed by atoms with E-state index in [0.29, 0.717) is 24.3 Å². The molecule has 0 aromatic rings. The van der Waals surface area contributed by atoms with Gasteiger partial charge < -0.3 is 4.74 Å². The van der Waals surface area contributed by atoms with Gasteiger partial charge in [0.05, 0.1) is 0 Å². The van der Waals surface area contributed by atoms with Crippen molar-refractivity contribution in [2.75, 3.05) is 11.5 Å². The third kappa shape index (κ3) is 10.8. The highest BCUT2D eigenvalue weighted by Crippen LogP contribution is 2.02. The lowest BCUT2D eigenvalue weighted by Crippen LogP contribution is -2.18. The molecular weight excluding hydrogens is 288 g/mol. The maximum atomic E-state index is 11.2. The summed E-state index contributed by atoms with van der Waals surface area (Å²) < 4.78 is 4.39. The van der Waals surface area contributed by atoms with Gasteiger partial charge in [0, 0.05) is 12.8 Å². The maximum Gasteiger partial charge on any atom is 0.320 e. The standard InChI is InChI=1S/C12H18O5S2/c13-9(3-1-5-18)7-11(15)17-12(16)8-10(14)4-2-6-19/h18-19H,1-8H2. The van der Waals surface area contributed by atoms with Crippen molar-refractivity contribution in [2.45, 2.75) is 38.5 Å². The number of carbonyl (C=O) groups is 4. The molecule has 5 nitrogen and oxygen atoms in total. The molecule has 0 fully saturated rings. The van der Waals surface area contributed by atoms with E-state index in [0.717, 1.165) is 0 Å². The molecule has 0 aliphatic heterocycles. The highest BCUT2D eigenvalue weighted by atomic mass is 32.1. The summed E-state index contributed by atoms with van der Waals surface area (Å²) in [5, 5.41) is 0. The monoisotopic (exact) mass is 306 g/mol. The average molecular weight is 306 g/mol. The number of Topliss-reactive ketones (excluding diaryl/α,β-unsaturated/α-hetero) is 2. The SMILES string of the molecule is O=C(CCCS)CC(=O)OC(=O)CC(=O)CCCS. The summed E-state index contributed by atoms with van der Waals surface area (Å²) in [5.74, 6) is -1.30. The fourth-order valence-corrected chi connectivity index (χ4v) is 1.57. The number of ketones is 2. The van der Waals surface area contributed by atoms with Crippen LogP contribution in [0.1, 0.15) is 38.5 Å². The van der Waals surface area contributed by atoms with Gasteiger partial charge in [-0.25, -0.2) is 0 Å². The largest absolute Gasteiger partial charge is 0.392 e. The molecule has 7 heteroatoms. The molecule has 0 unspecified atom stereocenters. The minimum absolute atomic E-state index is 0.230.